The van der Waals surface area contributed by atoms with Gasteiger partial charge in [0.15, 0.2) is 0 Å². The summed E-state index contributed by atoms with van der Waals surface area (Å²) in [6.45, 7) is 4.75. The molecule has 92 valence electrons. The van der Waals surface area contributed by atoms with Crippen molar-refractivity contribution in [1.82, 2.24) is 4.90 Å². The van der Waals surface area contributed by atoms with Crippen LogP contribution in [0.15, 0.2) is 24.3 Å². The van der Waals surface area contributed by atoms with Crippen molar-refractivity contribution in [2.24, 2.45) is 5.92 Å². The lowest BCUT2D eigenvalue weighted by atomic mass is 10.0. The number of rotatable bonds is 2. The Hall–Kier alpha value is -1.02. The number of benzene rings is 1. The fraction of sp³-hybridized carbons (Fsp3) is 0.500. The summed E-state index contributed by atoms with van der Waals surface area (Å²) in [5.41, 5.74) is 1.08. The Kier molecular flexibility index (Phi) is 3.72. The zero-order valence-electron chi connectivity index (χ0n) is 10.3. The molecule has 3 heteroatoms. The normalized spacial score (nSPS) is 20.0. The van der Waals surface area contributed by atoms with Gasteiger partial charge in [0.25, 0.3) is 0 Å². The molecule has 0 spiro atoms. The minimum Gasteiger partial charge on any atom is -0.335 e. The molecule has 0 radical (unpaired) electrons. The average Bonchev–Trinajstić information content (AvgIpc) is 2.77. The van der Waals surface area contributed by atoms with Crippen LogP contribution in [0.3, 0.4) is 0 Å². The van der Waals surface area contributed by atoms with Gasteiger partial charge in [0.05, 0.1) is 6.04 Å². The van der Waals surface area contributed by atoms with Crippen molar-refractivity contribution in [1.29, 1.82) is 0 Å². The summed E-state index contributed by atoms with van der Waals surface area (Å²) in [7, 11) is 0. The van der Waals surface area contributed by atoms with Gasteiger partial charge >= 0.3 is 0 Å². The standard InChI is InChI=1S/C14H18ClNO/c1-10(2)14(17)16-9-5-8-13(16)11-6-3-4-7-12(11)15/h3-4,6-7,10,13H,5,8-9H2,1-2H3/t13-/m1/s1. The van der Waals surface area contributed by atoms with Crippen LogP contribution in [0, 0.1) is 5.92 Å². The fourth-order valence-electron chi connectivity index (χ4n) is 2.43. The topological polar surface area (TPSA) is 20.3 Å². The Morgan fingerprint density at radius 2 is 2.12 bits per heavy atom. The van der Waals surface area contributed by atoms with Gasteiger partial charge in [-0.1, -0.05) is 43.6 Å². The van der Waals surface area contributed by atoms with E-state index in [1.54, 1.807) is 0 Å². The van der Waals surface area contributed by atoms with Crippen LogP contribution < -0.4 is 0 Å². The molecule has 0 unspecified atom stereocenters. The number of carbonyl (C=O) groups is 1. The van der Waals surface area contributed by atoms with Crippen LogP contribution in [0.1, 0.15) is 38.3 Å². The molecule has 0 aromatic heterocycles. The first kappa shape index (κ1) is 12.4. The molecule has 1 aliphatic rings. The lowest BCUT2D eigenvalue weighted by Crippen LogP contribution is -2.33. The van der Waals surface area contributed by atoms with E-state index in [0.717, 1.165) is 30.0 Å². The zero-order valence-corrected chi connectivity index (χ0v) is 11.1. The number of hydrogen-bond acceptors (Lipinski definition) is 1. The Morgan fingerprint density at radius 1 is 1.41 bits per heavy atom. The molecule has 1 aromatic rings. The molecular formula is C14H18ClNO. The van der Waals surface area contributed by atoms with Crippen LogP contribution in [-0.4, -0.2) is 17.4 Å². The Bertz CT molecular complexity index is 416. The maximum Gasteiger partial charge on any atom is 0.225 e. The Labute approximate surface area is 108 Å². The second-order valence-corrected chi connectivity index (χ2v) is 5.27. The minimum absolute atomic E-state index is 0.0538. The number of hydrogen-bond donors (Lipinski definition) is 0. The quantitative estimate of drug-likeness (QED) is 0.786. The van der Waals surface area contributed by atoms with Gasteiger partial charge in [-0.15, -0.1) is 0 Å². The SMILES string of the molecule is CC(C)C(=O)N1CCC[C@@H]1c1ccccc1Cl. The van der Waals surface area contributed by atoms with Gasteiger partial charge in [-0.3, -0.25) is 4.79 Å². The van der Waals surface area contributed by atoms with Crippen molar-refractivity contribution in [3.05, 3.63) is 34.9 Å². The molecule has 1 amide bonds. The summed E-state index contributed by atoms with van der Waals surface area (Å²) in [4.78, 5) is 14.1. The third-order valence-corrected chi connectivity index (χ3v) is 3.64. The monoisotopic (exact) mass is 251 g/mol. The molecule has 17 heavy (non-hydrogen) atoms. The van der Waals surface area contributed by atoms with Gasteiger partial charge in [-0.2, -0.15) is 0 Å². The average molecular weight is 252 g/mol. The van der Waals surface area contributed by atoms with Crippen molar-refractivity contribution in [3.8, 4) is 0 Å². The van der Waals surface area contributed by atoms with Crippen LogP contribution in [0.4, 0.5) is 0 Å². The van der Waals surface area contributed by atoms with E-state index < -0.39 is 0 Å². The maximum absolute atomic E-state index is 12.1. The predicted octanol–water partition coefficient (Wildman–Crippen LogP) is 3.66. The zero-order chi connectivity index (χ0) is 12.4. The highest BCUT2D eigenvalue weighted by atomic mass is 35.5. The van der Waals surface area contributed by atoms with Gasteiger partial charge in [-0.05, 0) is 24.5 Å². The number of nitrogens with zero attached hydrogens (tertiary/aromatic N) is 1. The summed E-state index contributed by atoms with van der Waals surface area (Å²) < 4.78 is 0. The predicted molar refractivity (Wildman–Crippen MR) is 70.0 cm³/mol. The molecule has 0 N–H and O–H groups in total. The van der Waals surface area contributed by atoms with Crippen molar-refractivity contribution in [3.63, 3.8) is 0 Å². The lowest BCUT2D eigenvalue weighted by molar-refractivity contribution is -0.135. The lowest BCUT2D eigenvalue weighted by Gasteiger charge is -2.27. The summed E-state index contributed by atoms with van der Waals surface area (Å²) in [6, 6.07) is 8.00. The smallest absolute Gasteiger partial charge is 0.225 e. The number of halogens is 1. The molecule has 1 aromatic carbocycles. The summed E-state index contributed by atoms with van der Waals surface area (Å²) >= 11 is 6.22. The molecular weight excluding hydrogens is 234 g/mol. The van der Waals surface area contributed by atoms with E-state index in [0.29, 0.717) is 0 Å². The van der Waals surface area contributed by atoms with Crippen molar-refractivity contribution >= 4 is 17.5 Å². The van der Waals surface area contributed by atoms with E-state index in [2.05, 4.69) is 0 Å². The highest BCUT2D eigenvalue weighted by molar-refractivity contribution is 6.31. The molecule has 1 heterocycles. The van der Waals surface area contributed by atoms with Gasteiger partial charge < -0.3 is 4.90 Å². The first-order valence-electron chi connectivity index (χ1n) is 6.16. The third kappa shape index (κ3) is 2.47. The van der Waals surface area contributed by atoms with Crippen LogP contribution in [0.25, 0.3) is 0 Å². The molecule has 1 atom stereocenters. The van der Waals surface area contributed by atoms with E-state index in [-0.39, 0.29) is 17.9 Å². The highest BCUT2D eigenvalue weighted by Gasteiger charge is 2.31. The van der Waals surface area contributed by atoms with E-state index in [1.807, 2.05) is 43.0 Å². The molecule has 2 rings (SSSR count). The minimum atomic E-state index is 0.0538. The number of amides is 1. The second kappa shape index (κ2) is 5.09. The first-order chi connectivity index (χ1) is 8.11. The molecule has 1 saturated heterocycles. The Balaban J connectivity index is 2.26. The summed E-state index contributed by atoms with van der Waals surface area (Å²) in [5.74, 6) is 0.283. The summed E-state index contributed by atoms with van der Waals surface area (Å²) in [5, 5.41) is 0.765. The van der Waals surface area contributed by atoms with E-state index in [9.17, 15) is 4.79 Å². The molecule has 1 fully saturated rings. The van der Waals surface area contributed by atoms with Crippen molar-refractivity contribution in [2.45, 2.75) is 32.7 Å². The van der Waals surface area contributed by atoms with Crippen LogP contribution in [-0.2, 0) is 4.79 Å². The maximum atomic E-state index is 12.1. The number of likely N-dealkylation sites (tertiary alicyclic amines) is 1. The van der Waals surface area contributed by atoms with Gasteiger partial charge in [0.1, 0.15) is 0 Å². The molecule has 0 aliphatic carbocycles. The highest BCUT2D eigenvalue weighted by Crippen LogP contribution is 2.36. The van der Waals surface area contributed by atoms with E-state index >= 15 is 0 Å². The van der Waals surface area contributed by atoms with Gasteiger partial charge in [0, 0.05) is 17.5 Å². The molecule has 1 aliphatic heterocycles. The van der Waals surface area contributed by atoms with Crippen molar-refractivity contribution < 1.29 is 4.79 Å². The van der Waals surface area contributed by atoms with E-state index in [4.69, 9.17) is 11.6 Å². The third-order valence-electron chi connectivity index (χ3n) is 3.29. The van der Waals surface area contributed by atoms with E-state index in [1.165, 1.54) is 0 Å². The fourth-order valence-corrected chi connectivity index (χ4v) is 2.69. The largest absolute Gasteiger partial charge is 0.335 e. The van der Waals surface area contributed by atoms with Gasteiger partial charge in [-0.25, -0.2) is 0 Å². The molecule has 0 bridgehead atoms. The van der Waals surface area contributed by atoms with Gasteiger partial charge in [0.2, 0.25) is 5.91 Å². The van der Waals surface area contributed by atoms with Crippen LogP contribution >= 0.6 is 11.6 Å². The molecule has 2 nitrogen and oxygen atoms in total. The number of carbonyl (C=O) groups excluding carboxylic acids is 1. The summed E-state index contributed by atoms with van der Waals surface area (Å²) in [6.07, 6.45) is 2.08. The molecule has 0 saturated carbocycles. The van der Waals surface area contributed by atoms with Crippen LogP contribution in [0.5, 0.6) is 0 Å². The first-order valence-corrected chi connectivity index (χ1v) is 6.54. The Morgan fingerprint density at radius 3 is 2.76 bits per heavy atom. The second-order valence-electron chi connectivity index (χ2n) is 4.87. The van der Waals surface area contributed by atoms with Crippen molar-refractivity contribution in [2.75, 3.05) is 6.54 Å². The van der Waals surface area contributed by atoms with Crippen LogP contribution in [0.2, 0.25) is 5.02 Å².